The zero-order valence-corrected chi connectivity index (χ0v) is 18.5. The molecule has 152 valence electrons. The van der Waals surface area contributed by atoms with Crippen molar-refractivity contribution in [1.82, 2.24) is 0 Å². The molecular formula is C20H26AsNO6. The fourth-order valence-corrected chi connectivity index (χ4v) is 4.32. The van der Waals surface area contributed by atoms with Crippen LogP contribution < -0.4 is 14.4 Å². The number of ether oxygens (including phenoxy) is 1. The van der Waals surface area contributed by atoms with Crippen LogP contribution in [0.3, 0.4) is 0 Å². The fourth-order valence-electron chi connectivity index (χ4n) is 2.91. The van der Waals surface area contributed by atoms with Gasteiger partial charge in [-0.15, -0.1) is 0 Å². The first kappa shape index (κ1) is 22.2. The smallest absolute Gasteiger partial charge is 0.126 e. The van der Waals surface area contributed by atoms with E-state index in [9.17, 15) is 12.6 Å². The van der Waals surface area contributed by atoms with Crippen molar-refractivity contribution < 1.29 is 26.5 Å². The molecule has 1 heterocycles. The SMILES string of the molecule is CC(=O)Nc1cccc([As](=O)(O)OO)c1.Cc1ccc2c(c1C)OC(C)(C)C2. The number of carbonyl (C=O) groups excluding carboxylic acids is 1. The molecule has 0 spiro atoms. The van der Waals surface area contributed by atoms with Crippen molar-refractivity contribution in [3.8, 4) is 5.75 Å². The molecule has 3 rings (SSSR count). The molecule has 0 saturated heterocycles. The molecule has 0 aliphatic carbocycles. The molecule has 0 saturated carbocycles. The van der Waals surface area contributed by atoms with E-state index in [-0.39, 0.29) is 15.9 Å². The van der Waals surface area contributed by atoms with E-state index in [1.54, 1.807) is 6.07 Å². The number of hydrogen-bond acceptors (Lipinski definition) is 5. The molecule has 2 aromatic rings. The monoisotopic (exact) mass is 451 g/mol. The van der Waals surface area contributed by atoms with Crippen molar-refractivity contribution in [3.05, 3.63) is 53.1 Å². The van der Waals surface area contributed by atoms with Crippen LogP contribution in [0.1, 0.15) is 37.5 Å². The molecule has 1 aliphatic heterocycles. The van der Waals surface area contributed by atoms with E-state index >= 15 is 0 Å². The first-order chi connectivity index (χ1) is 12.9. The van der Waals surface area contributed by atoms with Crippen molar-refractivity contribution in [2.45, 2.75) is 46.6 Å². The minimum absolute atomic E-state index is 0.0130. The van der Waals surface area contributed by atoms with Gasteiger partial charge in [0.15, 0.2) is 0 Å². The minimum atomic E-state index is -4.83. The van der Waals surface area contributed by atoms with Crippen molar-refractivity contribution in [1.29, 1.82) is 0 Å². The summed E-state index contributed by atoms with van der Waals surface area (Å²) < 4.78 is 29.8. The van der Waals surface area contributed by atoms with Gasteiger partial charge in [0.1, 0.15) is 11.4 Å². The van der Waals surface area contributed by atoms with Gasteiger partial charge in [-0.1, -0.05) is 12.1 Å². The van der Waals surface area contributed by atoms with E-state index in [4.69, 9.17) is 9.99 Å². The van der Waals surface area contributed by atoms with E-state index in [1.807, 2.05) is 0 Å². The normalized spacial score (nSPS) is 16.1. The molecule has 1 unspecified atom stereocenters. The molecule has 0 radical (unpaired) electrons. The molecule has 1 atom stereocenters. The predicted octanol–water partition coefficient (Wildman–Crippen LogP) is 2.72. The van der Waals surface area contributed by atoms with Crippen LogP contribution in [0, 0.1) is 13.8 Å². The van der Waals surface area contributed by atoms with Gasteiger partial charge in [-0.25, -0.2) is 0 Å². The molecule has 0 fully saturated rings. The van der Waals surface area contributed by atoms with Crippen molar-refractivity contribution in [2.24, 2.45) is 0 Å². The molecule has 3 N–H and O–H groups in total. The Bertz CT molecular complexity index is 925. The maximum atomic E-state index is 11.3. The summed E-state index contributed by atoms with van der Waals surface area (Å²) in [7, 11) is 0. The second kappa shape index (κ2) is 8.53. The number of hydrogen-bond donors (Lipinski definition) is 3. The zero-order valence-electron chi connectivity index (χ0n) is 16.6. The number of anilines is 1. The first-order valence-corrected chi connectivity index (χ1v) is 12.1. The molecule has 1 aliphatic rings. The van der Waals surface area contributed by atoms with E-state index in [0.29, 0.717) is 5.69 Å². The van der Waals surface area contributed by atoms with Gasteiger partial charge in [0.05, 0.1) is 0 Å². The summed E-state index contributed by atoms with van der Waals surface area (Å²) in [5.74, 6) is 0.821. The van der Waals surface area contributed by atoms with Gasteiger partial charge in [0, 0.05) is 6.42 Å². The third-order valence-electron chi connectivity index (χ3n) is 4.36. The largest absolute Gasteiger partial charge is 0.487 e. The maximum absolute atomic E-state index is 11.3. The third kappa shape index (κ3) is 5.49. The second-order valence-corrected chi connectivity index (χ2v) is 11.0. The summed E-state index contributed by atoms with van der Waals surface area (Å²) >= 11 is -4.83. The topological polar surface area (TPSA) is 105 Å². The van der Waals surface area contributed by atoms with E-state index in [2.05, 4.69) is 49.0 Å². The van der Waals surface area contributed by atoms with Crippen LogP contribution in [0.2, 0.25) is 0 Å². The van der Waals surface area contributed by atoms with Crippen molar-refractivity contribution in [2.75, 3.05) is 5.32 Å². The summed E-state index contributed by atoms with van der Waals surface area (Å²) in [4.78, 5) is 10.7. The molecular weight excluding hydrogens is 425 g/mol. The van der Waals surface area contributed by atoms with Crippen LogP contribution in [0.5, 0.6) is 5.75 Å². The Morgan fingerprint density at radius 3 is 2.54 bits per heavy atom. The first-order valence-electron chi connectivity index (χ1n) is 8.77. The fraction of sp³-hybridized carbons (Fsp3) is 0.350. The van der Waals surface area contributed by atoms with Crippen LogP contribution >= 0.6 is 0 Å². The van der Waals surface area contributed by atoms with Crippen molar-refractivity contribution in [3.63, 3.8) is 0 Å². The number of aryl methyl sites for hydroxylation is 1. The van der Waals surface area contributed by atoms with Crippen LogP contribution in [-0.2, 0) is 18.8 Å². The standard InChI is InChI=1S/C12H16O.C8H10AsNO5/c1-8-5-6-10-7-12(3,4)13-11(10)9(8)2;1-6(11)10-8-4-2-3-7(5-8)9(12,13)15-14/h5-6H,7H2,1-4H3;2-5,14H,1H3,(H,10,11)(H,12,13). The van der Waals surface area contributed by atoms with Crippen LogP contribution in [0.15, 0.2) is 36.4 Å². The Morgan fingerprint density at radius 2 is 1.93 bits per heavy atom. The van der Waals surface area contributed by atoms with E-state index in [1.165, 1.54) is 41.8 Å². The number of benzene rings is 2. The van der Waals surface area contributed by atoms with Gasteiger partial charge in [-0.2, -0.15) is 0 Å². The van der Waals surface area contributed by atoms with Gasteiger partial charge in [0.25, 0.3) is 0 Å². The number of nitrogens with one attached hydrogen (secondary N) is 1. The Morgan fingerprint density at radius 1 is 1.25 bits per heavy atom. The molecule has 0 bridgehead atoms. The van der Waals surface area contributed by atoms with Gasteiger partial charge in [0.2, 0.25) is 0 Å². The van der Waals surface area contributed by atoms with Gasteiger partial charge < -0.3 is 4.74 Å². The number of amides is 1. The van der Waals surface area contributed by atoms with Crippen molar-refractivity contribution >= 4 is 30.1 Å². The molecule has 1 amide bonds. The third-order valence-corrected chi connectivity index (χ3v) is 6.77. The Hall–Kier alpha value is -2.05. The molecule has 8 heteroatoms. The van der Waals surface area contributed by atoms with Crippen LogP contribution in [0.25, 0.3) is 0 Å². The van der Waals surface area contributed by atoms with Crippen LogP contribution in [-0.4, -0.2) is 35.0 Å². The Labute approximate surface area is 167 Å². The quantitative estimate of drug-likeness (QED) is 0.377. The summed E-state index contributed by atoms with van der Waals surface area (Å²) in [6.07, 6.45) is 1.03. The number of carbonyl (C=O) groups is 1. The summed E-state index contributed by atoms with van der Waals surface area (Å²) in [5, 5.41) is 10.7. The molecule has 2 aromatic carbocycles. The Kier molecular flexibility index (Phi) is 6.78. The van der Waals surface area contributed by atoms with Gasteiger partial charge in [-0.05, 0) is 44.4 Å². The average molecular weight is 451 g/mol. The van der Waals surface area contributed by atoms with E-state index in [0.717, 1.165) is 12.2 Å². The molecule has 0 aromatic heterocycles. The van der Waals surface area contributed by atoms with E-state index < -0.39 is 14.2 Å². The van der Waals surface area contributed by atoms with Gasteiger partial charge >= 0.3 is 88.4 Å². The second-order valence-electron chi connectivity index (χ2n) is 7.37. The summed E-state index contributed by atoms with van der Waals surface area (Å²) in [6.45, 7) is 9.86. The maximum Gasteiger partial charge on any atom is 0.126 e. The number of fused-ring (bicyclic) bond motifs is 1. The zero-order chi connectivity index (χ0) is 21.1. The number of rotatable bonds is 3. The van der Waals surface area contributed by atoms with Gasteiger partial charge in [-0.3, -0.25) is 0 Å². The minimum Gasteiger partial charge on any atom is -0.487 e. The average Bonchev–Trinajstić information content (AvgIpc) is 2.94. The predicted molar refractivity (Wildman–Crippen MR) is 107 cm³/mol. The summed E-state index contributed by atoms with van der Waals surface area (Å²) in [5.41, 5.74) is 4.32. The Balaban J connectivity index is 0.000000202. The molecule has 28 heavy (non-hydrogen) atoms. The van der Waals surface area contributed by atoms with Crippen LogP contribution in [0.4, 0.5) is 5.69 Å². The summed E-state index contributed by atoms with van der Waals surface area (Å²) in [6, 6.07) is 10.0. The molecule has 7 nitrogen and oxygen atoms in total.